The molecule has 0 radical (unpaired) electrons. The Balaban J connectivity index is 1.59. The molecule has 2 N–H and O–H groups in total. The Bertz CT molecular complexity index is 995. The molecule has 3 aromatic carbocycles. The van der Waals surface area contributed by atoms with Gasteiger partial charge in [-0.25, -0.2) is 10.7 Å². The quantitative estimate of drug-likeness (QED) is 0.138. The second-order valence-electron chi connectivity index (χ2n) is 6.63. The molecule has 0 aromatic heterocycles. The Kier molecular flexibility index (Phi) is 7.49. The number of likely N-dealkylation sites (N-methyl/N-ethyl adjacent to an activating group) is 1. The number of azo groups is 1. The lowest BCUT2D eigenvalue weighted by molar-refractivity contribution is -0.215. The third-order valence-corrected chi connectivity index (χ3v) is 4.41. The molecule has 30 heavy (non-hydrogen) atoms. The molecule has 3 rings (SSSR count). The van der Waals surface area contributed by atoms with Crippen molar-refractivity contribution in [2.75, 3.05) is 24.0 Å². The largest absolute Gasteiger partial charge is 0.371 e. The van der Waals surface area contributed by atoms with E-state index in [2.05, 4.69) is 32.2 Å². The highest BCUT2D eigenvalue weighted by atomic mass is 17.2. The van der Waals surface area contributed by atoms with E-state index in [1.54, 1.807) is 0 Å². The van der Waals surface area contributed by atoms with E-state index < -0.39 is 0 Å². The van der Waals surface area contributed by atoms with E-state index in [1.807, 2.05) is 98.1 Å². The van der Waals surface area contributed by atoms with Crippen molar-refractivity contribution in [1.82, 2.24) is 0 Å². The summed E-state index contributed by atoms with van der Waals surface area (Å²) in [7, 11) is 2.02. The summed E-state index contributed by atoms with van der Waals surface area (Å²) in [5.74, 6) is 0. The average molecular weight is 400 g/mol. The molecule has 0 fully saturated rings. The minimum Gasteiger partial charge on any atom is -0.371 e. The Morgan fingerprint density at radius 3 is 1.87 bits per heavy atom. The molecule has 0 aliphatic heterocycles. The number of rotatable bonds is 9. The maximum atomic E-state index is 8.37. The normalized spacial score (nSPS) is 11.1. The van der Waals surface area contributed by atoms with Crippen LogP contribution >= 0.6 is 0 Å². The van der Waals surface area contributed by atoms with Crippen molar-refractivity contribution >= 4 is 34.9 Å². The third-order valence-electron chi connectivity index (χ3n) is 4.41. The lowest BCUT2D eigenvalue weighted by Gasteiger charge is -2.16. The molecule has 0 atom stereocenters. The highest BCUT2D eigenvalue weighted by Crippen LogP contribution is 2.22. The van der Waals surface area contributed by atoms with Crippen LogP contribution in [0.3, 0.4) is 0 Å². The molecule has 0 heterocycles. The summed E-state index contributed by atoms with van der Waals surface area (Å²) in [6.45, 7) is 4.55. The van der Waals surface area contributed by atoms with Crippen molar-refractivity contribution in [2.24, 2.45) is 10.2 Å². The first-order chi connectivity index (χ1) is 14.7. The first-order valence-corrected chi connectivity index (χ1v) is 9.46. The molecule has 6 nitrogen and oxygen atoms in total. The molecule has 0 unspecified atom stereocenters. The summed E-state index contributed by atoms with van der Waals surface area (Å²) >= 11 is 0. The fraction of sp³-hybridized carbons (Fsp3) is 0.0833. The summed E-state index contributed by atoms with van der Waals surface area (Å²) in [4.78, 5) is 6.00. The van der Waals surface area contributed by atoms with Crippen LogP contribution in [0.2, 0.25) is 0 Å². The Hall–Kier alpha value is -3.74. The van der Waals surface area contributed by atoms with Gasteiger partial charge in [0.15, 0.2) is 0 Å². The number of hydrogen-bond donors (Lipinski definition) is 2. The molecule has 0 spiro atoms. The molecule has 6 heteroatoms. The lowest BCUT2D eigenvalue weighted by atomic mass is 10.1. The molecule has 152 valence electrons. The maximum Gasteiger partial charge on any atom is 0.0858 e. The summed E-state index contributed by atoms with van der Waals surface area (Å²) in [5.41, 5.74) is 7.82. The van der Waals surface area contributed by atoms with Gasteiger partial charge in [0.05, 0.1) is 17.1 Å². The Morgan fingerprint density at radius 2 is 1.37 bits per heavy atom. The van der Waals surface area contributed by atoms with Crippen LogP contribution in [0.4, 0.5) is 22.7 Å². The van der Waals surface area contributed by atoms with Gasteiger partial charge in [0.25, 0.3) is 0 Å². The van der Waals surface area contributed by atoms with Gasteiger partial charge in [-0.1, -0.05) is 42.5 Å². The molecule has 0 aliphatic rings. The van der Waals surface area contributed by atoms with Gasteiger partial charge >= 0.3 is 0 Å². The number of nitrogens with zero attached hydrogens (tertiary/aromatic N) is 3. The maximum absolute atomic E-state index is 8.37. The second kappa shape index (κ2) is 10.7. The zero-order valence-electron chi connectivity index (χ0n) is 16.8. The summed E-state index contributed by atoms with van der Waals surface area (Å²) in [5, 5.41) is 17.0. The highest BCUT2D eigenvalue weighted by molar-refractivity contribution is 5.71. The summed E-state index contributed by atoms with van der Waals surface area (Å²) < 4.78 is 0. The molecular formula is C24H24N4O2. The molecule has 3 aromatic rings. The van der Waals surface area contributed by atoms with Gasteiger partial charge in [0.1, 0.15) is 0 Å². The van der Waals surface area contributed by atoms with E-state index in [9.17, 15) is 0 Å². The molecule has 0 saturated heterocycles. The van der Waals surface area contributed by atoms with Crippen molar-refractivity contribution in [2.45, 2.75) is 0 Å². The SMILES string of the molecule is C=CCN(C)c1ccc(N=Nc2ccc(C=Cc3ccc(NOO)cc3)cc2)cc1. The first kappa shape index (κ1) is 21.0. The van der Waals surface area contributed by atoms with Crippen molar-refractivity contribution in [3.63, 3.8) is 0 Å². The van der Waals surface area contributed by atoms with E-state index >= 15 is 0 Å². The van der Waals surface area contributed by atoms with Crippen LogP contribution in [0.1, 0.15) is 11.1 Å². The molecule has 0 amide bonds. The smallest absolute Gasteiger partial charge is 0.0858 e. The van der Waals surface area contributed by atoms with E-state index in [1.165, 1.54) is 0 Å². The van der Waals surface area contributed by atoms with E-state index in [4.69, 9.17) is 5.26 Å². The minimum absolute atomic E-state index is 0.669. The van der Waals surface area contributed by atoms with Crippen LogP contribution < -0.4 is 10.4 Å². The van der Waals surface area contributed by atoms with Crippen LogP contribution in [0.25, 0.3) is 12.2 Å². The zero-order chi connectivity index (χ0) is 21.2. The molecular weight excluding hydrogens is 376 g/mol. The molecule has 0 aliphatic carbocycles. The fourth-order valence-electron chi connectivity index (χ4n) is 2.75. The predicted octanol–water partition coefficient (Wildman–Crippen LogP) is 6.71. The van der Waals surface area contributed by atoms with Gasteiger partial charge in [-0.15, -0.1) is 11.6 Å². The highest BCUT2D eigenvalue weighted by Gasteiger charge is 1.98. The monoisotopic (exact) mass is 400 g/mol. The number of hydrogen-bond acceptors (Lipinski definition) is 6. The number of anilines is 2. The standard InChI is InChI=1S/C24H24N4O2/c1-3-18-28(2)24-16-14-22(15-17-24)26-25-21-10-6-19(7-11-21)4-5-20-8-12-23(13-9-20)27-30-29/h3-17,27,29H,1,18H2,2H3. The van der Waals surface area contributed by atoms with Crippen LogP contribution in [0, 0.1) is 0 Å². The number of benzene rings is 3. The molecule has 0 saturated carbocycles. The van der Waals surface area contributed by atoms with E-state index in [0.717, 1.165) is 34.7 Å². The van der Waals surface area contributed by atoms with E-state index in [-0.39, 0.29) is 0 Å². The van der Waals surface area contributed by atoms with Crippen LogP contribution in [0.15, 0.2) is 95.7 Å². The van der Waals surface area contributed by atoms with Crippen molar-refractivity contribution in [3.05, 3.63) is 96.6 Å². The summed E-state index contributed by atoms with van der Waals surface area (Å²) in [6, 6.07) is 23.2. The lowest BCUT2D eigenvalue weighted by Crippen LogP contribution is -2.15. The zero-order valence-corrected chi connectivity index (χ0v) is 16.8. The van der Waals surface area contributed by atoms with Crippen LogP contribution in [-0.2, 0) is 4.99 Å². The van der Waals surface area contributed by atoms with Gasteiger partial charge in [0.2, 0.25) is 0 Å². The van der Waals surface area contributed by atoms with E-state index in [0.29, 0.717) is 5.69 Å². The van der Waals surface area contributed by atoms with Gasteiger partial charge in [-0.2, -0.15) is 10.2 Å². The summed E-state index contributed by atoms with van der Waals surface area (Å²) in [6.07, 6.45) is 5.89. The van der Waals surface area contributed by atoms with Crippen LogP contribution in [-0.4, -0.2) is 18.8 Å². The van der Waals surface area contributed by atoms with Gasteiger partial charge in [-0.05, 0) is 59.7 Å². The average Bonchev–Trinajstić information content (AvgIpc) is 2.79. The van der Waals surface area contributed by atoms with Crippen molar-refractivity contribution in [3.8, 4) is 0 Å². The molecule has 0 bridgehead atoms. The van der Waals surface area contributed by atoms with Gasteiger partial charge in [0, 0.05) is 19.3 Å². The Morgan fingerprint density at radius 1 is 0.867 bits per heavy atom. The van der Waals surface area contributed by atoms with Crippen LogP contribution in [0.5, 0.6) is 0 Å². The minimum atomic E-state index is 0.669. The Labute approximate surface area is 176 Å². The van der Waals surface area contributed by atoms with Gasteiger partial charge in [-0.3, -0.25) is 0 Å². The predicted molar refractivity (Wildman–Crippen MR) is 123 cm³/mol. The fourth-order valence-corrected chi connectivity index (χ4v) is 2.75. The third kappa shape index (κ3) is 6.13. The second-order valence-corrected chi connectivity index (χ2v) is 6.63. The van der Waals surface area contributed by atoms with Crippen molar-refractivity contribution in [1.29, 1.82) is 0 Å². The van der Waals surface area contributed by atoms with Gasteiger partial charge < -0.3 is 4.90 Å². The first-order valence-electron chi connectivity index (χ1n) is 9.46. The van der Waals surface area contributed by atoms with Crippen molar-refractivity contribution < 1.29 is 10.2 Å². The topological polar surface area (TPSA) is 69.5 Å². The number of nitrogens with one attached hydrogen (secondary N) is 1.